The molecule has 1 aliphatic carbocycles. The Balaban J connectivity index is 1.67. The topological polar surface area (TPSA) is 68.5 Å². The van der Waals surface area contributed by atoms with E-state index in [9.17, 15) is 9.59 Å². The molecule has 0 fully saturated rings. The molecule has 0 radical (unpaired) electrons. The van der Waals surface area contributed by atoms with Crippen LogP contribution >= 0.6 is 0 Å². The molecule has 1 aliphatic heterocycles. The number of fused-ring (bicyclic) bond motifs is 2. The van der Waals surface area contributed by atoms with Gasteiger partial charge < -0.3 is 14.5 Å². The summed E-state index contributed by atoms with van der Waals surface area (Å²) >= 11 is 0. The summed E-state index contributed by atoms with van der Waals surface area (Å²) in [5, 5.41) is 2.88. The third-order valence-electron chi connectivity index (χ3n) is 6.04. The summed E-state index contributed by atoms with van der Waals surface area (Å²) in [6, 6.07) is 13.5. The lowest BCUT2D eigenvalue weighted by Crippen LogP contribution is -2.03. The maximum Gasteiger partial charge on any atom is 0.337 e. The summed E-state index contributed by atoms with van der Waals surface area (Å²) in [4.78, 5) is 24.8. The molecule has 0 saturated heterocycles. The van der Waals surface area contributed by atoms with Gasteiger partial charge in [0.05, 0.1) is 18.2 Å². The standard InChI is InChI=1S/C26H23NO4/c1-15-7-9-16(10-8-15)24-18-5-3-4-6-22(18)31-23(24)14-20-19-13-17(26(29)30-2)11-12-21(19)27-25(20)28/h7-14H,3-6H2,1-2H3,(H,27,28). The number of anilines is 1. The molecule has 0 atom stereocenters. The SMILES string of the molecule is COC(=O)c1ccc2c(c1)C(=Cc1oc3c(c1-c1ccc(C)cc1)CCCC3)C(=O)N2. The average Bonchev–Trinajstić information content (AvgIpc) is 3.30. The van der Waals surface area contributed by atoms with E-state index >= 15 is 0 Å². The van der Waals surface area contributed by atoms with Crippen LogP contribution in [0.1, 0.15) is 51.4 Å². The molecule has 2 aliphatic rings. The summed E-state index contributed by atoms with van der Waals surface area (Å²) < 4.78 is 11.1. The highest BCUT2D eigenvalue weighted by atomic mass is 16.5. The van der Waals surface area contributed by atoms with Crippen molar-refractivity contribution in [2.45, 2.75) is 32.6 Å². The zero-order valence-electron chi connectivity index (χ0n) is 17.6. The fraction of sp³-hybridized carbons (Fsp3) is 0.231. The highest BCUT2D eigenvalue weighted by Gasteiger charge is 2.28. The van der Waals surface area contributed by atoms with E-state index in [-0.39, 0.29) is 5.91 Å². The molecule has 1 amide bonds. The highest BCUT2D eigenvalue weighted by Crippen LogP contribution is 2.41. The molecule has 31 heavy (non-hydrogen) atoms. The third-order valence-corrected chi connectivity index (χ3v) is 6.04. The minimum Gasteiger partial charge on any atom is -0.465 e. The van der Waals surface area contributed by atoms with Crippen LogP contribution < -0.4 is 5.32 Å². The molecular formula is C26H23NO4. The first-order valence-corrected chi connectivity index (χ1v) is 10.5. The van der Waals surface area contributed by atoms with Gasteiger partial charge in [-0.05, 0) is 56.0 Å². The van der Waals surface area contributed by atoms with Crippen LogP contribution in [0.15, 0.2) is 46.9 Å². The van der Waals surface area contributed by atoms with Crippen LogP contribution in [-0.4, -0.2) is 19.0 Å². The third kappa shape index (κ3) is 3.36. The van der Waals surface area contributed by atoms with Crippen molar-refractivity contribution in [1.29, 1.82) is 0 Å². The van der Waals surface area contributed by atoms with Crippen molar-refractivity contribution in [2.75, 3.05) is 12.4 Å². The molecule has 0 saturated carbocycles. The van der Waals surface area contributed by atoms with Crippen LogP contribution in [0, 0.1) is 6.92 Å². The first-order chi connectivity index (χ1) is 15.0. The minimum atomic E-state index is -0.435. The van der Waals surface area contributed by atoms with Crippen LogP contribution in [0.5, 0.6) is 0 Å². The minimum absolute atomic E-state index is 0.207. The molecule has 2 heterocycles. The molecule has 0 unspecified atom stereocenters. The fourth-order valence-corrected chi connectivity index (χ4v) is 4.43. The zero-order valence-corrected chi connectivity index (χ0v) is 17.6. The fourth-order valence-electron chi connectivity index (χ4n) is 4.43. The number of carbonyl (C=O) groups excluding carboxylic acids is 2. The van der Waals surface area contributed by atoms with Crippen molar-refractivity contribution in [1.82, 2.24) is 0 Å². The number of aryl methyl sites for hydroxylation is 2. The van der Waals surface area contributed by atoms with Crippen molar-refractivity contribution in [3.63, 3.8) is 0 Å². The van der Waals surface area contributed by atoms with E-state index < -0.39 is 5.97 Å². The Bertz CT molecular complexity index is 1230. The van der Waals surface area contributed by atoms with Gasteiger partial charge in [0.2, 0.25) is 0 Å². The van der Waals surface area contributed by atoms with Crippen LogP contribution in [0.4, 0.5) is 5.69 Å². The summed E-state index contributed by atoms with van der Waals surface area (Å²) in [6.45, 7) is 2.07. The van der Waals surface area contributed by atoms with Crippen molar-refractivity contribution in [3.8, 4) is 11.1 Å². The van der Waals surface area contributed by atoms with Gasteiger partial charge in [0, 0.05) is 28.8 Å². The summed E-state index contributed by atoms with van der Waals surface area (Å²) in [5.74, 6) is 1.06. The Morgan fingerprint density at radius 1 is 1.10 bits per heavy atom. The highest BCUT2D eigenvalue weighted by molar-refractivity contribution is 6.35. The van der Waals surface area contributed by atoms with Gasteiger partial charge >= 0.3 is 5.97 Å². The number of amides is 1. The molecular weight excluding hydrogens is 390 g/mol. The second kappa shape index (κ2) is 7.58. The number of hydrogen-bond donors (Lipinski definition) is 1. The zero-order chi connectivity index (χ0) is 21.5. The molecule has 3 aromatic rings. The van der Waals surface area contributed by atoms with Crippen LogP contribution in [0.3, 0.4) is 0 Å². The molecule has 0 spiro atoms. The lowest BCUT2D eigenvalue weighted by Gasteiger charge is -2.11. The Hall–Kier alpha value is -3.60. The lowest BCUT2D eigenvalue weighted by atomic mass is 9.90. The van der Waals surface area contributed by atoms with E-state index in [1.165, 1.54) is 18.2 Å². The predicted molar refractivity (Wildman–Crippen MR) is 120 cm³/mol. The van der Waals surface area contributed by atoms with Gasteiger partial charge in [-0.15, -0.1) is 0 Å². The average molecular weight is 413 g/mol. The van der Waals surface area contributed by atoms with Gasteiger partial charge in [0.25, 0.3) is 5.91 Å². The Labute approximate surface area is 180 Å². The summed E-state index contributed by atoms with van der Waals surface area (Å²) in [6.07, 6.45) is 5.94. The normalized spacial score (nSPS) is 16.1. The second-order valence-corrected chi connectivity index (χ2v) is 8.08. The van der Waals surface area contributed by atoms with E-state index in [1.807, 2.05) is 6.08 Å². The molecule has 5 heteroatoms. The van der Waals surface area contributed by atoms with Gasteiger partial charge in [0.15, 0.2) is 0 Å². The number of furan rings is 1. The Morgan fingerprint density at radius 2 is 1.87 bits per heavy atom. The van der Waals surface area contributed by atoms with Crippen molar-refractivity contribution >= 4 is 29.2 Å². The van der Waals surface area contributed by atoms with Gasteiger partial charge in [-0.2, -0.15) is 0 Å². The van der Waals surface area contributed by atoms with Crippen LogP contribution in [-0.2, 0) is 22.4 Å². The number of esters is 1. The van der Waals surface area contributed by atoms with Crippen molar-refractivity contribution < 1.29 is 18.7 Å². The molecule has 5 nitrogen and oxygen atoms in total. The van der Waals surface area contributed by atoms with E-state index in [0.717, 1.165) is 42.6 Å². The number of rotatable bonds is 3. The second-order valence-electron chi connectivity index (χ2n) is 8.08. The van der Waals surface area contributed by atoms with Gasteiger partial charge in [-0.3, -0.25) is 4.79 Å². The van der Waals surface area contributed by atoms with Crippen molar-refractivity contribution in [2.24, 2.45) is 0 Å². The van der Waals surface area contributed by atoms with Crippen LogP contribution in [0.25, 0.3) is 22.8 Å². The first kappa shape index (κ1) is 19.4. The van der Waals surface area contributed by atoms with Crippen LogP contribution in [0.2, 0.25) is 0 Å². The summed E-state index contributed by atoms with van der Waals surface area (Å²) in [7, 11) is 1.34. The maximum atomic E-state index is 12.8. The van der Waals surface area contributed by atoms with Gasteiger partial charge in [0.1, 0.15) is 11.5 Å². The number of nitrogens with one attached hydrogen (secondary N) is 1. The number of carbonyl (C=O) groups is 2. The number of benzene rings is 2. The molecule has 156 valence electrons. The van der Waals surface area contributed by atoms with Gasteiger partial charge in [-0.25, -0.2) is 4.79 Å². The maximum absolute atomic E-state index is 12.8. The largest absolute Gasteiger partial charge is 0.465 e. The summed E-state index contributed by atoms with van der Waals surface area (Å²) in [5.41, 5.74) is 6.83. The monoisotopic (exact) mass is 413 g/mol. The van der Waals surface area contributed by atoms with E-state index in [0.29, 0.717) is 28.1 Å². The molecule has 1 N–H and O–H groups in total. The van der Waals surface area contributed by atoms with E-state index in [4.69, 9.17) is 9.15 Å². The first-order valence-electron chi connectivity index (χ1n) is 10.5. The molecule has 2 aromatic carbocycles. The Morgan fingerprint density at radius 3 is 2.65 bits per heavy atom. The number of ether oxygens (including phenoxy) is 1. The van der Waals surface area contributed by atoms with E-state index in [1.54, 1.807) is 18.2 Å². The number of hydrogen-bond acceptors (Lipinski definition) is 4. The predicted octanol–water partition coefficient (Wildman–Crippen LogP) is 5.41. The Kier molecular flexibility index (Phi) is 4.74. The van der Waals surface area contributed by atoms with Crippen molar-refractivity contribution in [3.05, 3.63) is 76.2 Å². The van der Waals surface area contributed by atoms with Gasteiger partial charge in [-0.1, -0.05) is 29.8 Å². The quantitative estimate of drug-likeness (QED) is 0.460. The molecule has 1 aromatic heterocycles. The number of methoxy groups -OCH3 is 1. The van der Waals surface area contributed by atoms with E-state index in [2.05, 4.69) is 36.5 Å². The molecule has 5 rings (SSSR count). The molecule has 0 bridgehead atoms. The lowest BCUT2D eigenvalue weighted by molar-refractivity contribution is -0.110. The smallest absolute Gasteiger partial charge is 0.337 e.